The molecule has 2 nitrogen and oxygen atoms in total. The summed E-state index contributed by atoms with van der Waals surface area (Å²) in [7, 11) is 0. The Morgan fingerprint density at radius 3 is 2.59 bits per heavy atom. The monoisotopic (exact) mass is 249 g/mol. The molecule has 0 aliphatic heterocycles. The first-order chi connectivity index (χ1) is 7.98. The molecule has 92 valence electrons. The van der Waals surface area contributed by atoms with Gasteiger partial charge in [0.1, 0.15) is 17.4 Å². The second kappa shape index (κ2) is 5.97. The fourth-order valence-corrected chi connectivity index (χ4v) is 1.94. The van der Waals surface area contributed by atoms with Gasteiger partial charge in [0.15, 0.2) is 0 Å². The van der Waals surface area contributed by atoms with E-state index in [2.05, 4.69) is 26.8 Å². The number of nitriles is 1. The molecule has 0 amide bonds. The maximum absolute atomic E-state index is 9.15. The second-order valence-electron chi connectivity index (χ2n) is 5.10. The first kappa shape index (κ1) is 13.9. The van der Waals surface area contributed by atoms with Gasteiger partial charge in [-0.1, -0.05) is 26.8 Å². The molecular formula is C14H19NOS. The van der Waals surface area contributed by atoms with Crippen molar-refractivity contribution in [3.63, 3.8) is 0 Å². The number of thioether (sulfide) groups is 1. The number of hydrogen-bond donors (Lipinski definition) is 0. The summed E-state index contributed by atoms with van der Waals surface area (Å²) in [4.78, 5) is 0.973. The van der Waals surface area contributed by atoms with Crippen molar-refractivity contribution in [1.29, 1.82) is 5.26 Å². The van der Waals surface area contributed by atoms with Crippen molar-refractivity contribution in [2.45, 2.75) is 32.1 Å². The molecule has 0 atom stereocenters. The molecule has 0 bridgehead atoms. The third kappa shape index (κ3) is 4.32. The molecule has 17 heavy (non-hydrogen) atoms. The lowest BCUT2D eigenvalue weighted by atomic mass is 9.93. The SMILES string of the molecule is CSc1cccc(OCCC(C)(C)C)c1C#N. The summed E-state index contributed by atoms with van der Waals surface area (Å²) >= 11 is 1.57. The topological polar surface area (TPSA) is 33.0 Å². The summed E-state index contributed by atoms with van der Waals surface area (Å²) in [6.45, 7) is 7.19. The van der Waals surface area contributed by atoms with Gasteiger partial charge >= 0.3 is 0 Å². The van der Waals surface area contributed by atoms with E-state index < -0.39 is 0 Å². The Bertz CT molecular complexity index is 415. The van der Waals surface area contributed by atoms with E-state index in [4.69, 9.17) is 10.00 Å². The summed E-state index contributed by atoms with van der Waals surface area (Å²) in [5.41, 5.74) is 0.901. The van der Waals surface area contributed by atoms with E-state index in [1.165, 1.54) is 0 Å². The van der Waals surface area contributed by atoms with E-state index in [0.29, 0.717) is 17.9 Å². The smallest absolute Gasteiger partial charge is 0.138 e. The van der Waals surface area contributed by atoms with E-state index in [9.17, 15) is 0 Å². The molecule has 1 rings (SSSR count). The van der Waals surface area contributed by atoms with Gasteiger partial charge in [0.25, 0.3) is 0 Å². The van der Waals surface area contributed by atoms with Gasteiger partial charge in [0.05, 0.1) is 6.61 Å². The Labute approximate surface area is 108 Å². The van der Waals surface area contributed by atoms with Crippen LogP contribution in [0.25, 0.3) is 0 Å². The highest BCUT2D eigenvalue weighted by Crippen LogP contribution is 2.28. The fraction of sp³-hybridized carbons (Fsp3) is 0.500. The highest BCUT2D eigenvalue weighted by molar-refractivity contribution is 7.98. The first-order valence-corrected chi connectivity index (χ1v) is 6.90. The molecule has 1 aromatic rings. The van der Waals surface area contributed by atoms with Crippen LogP contribution in [0.1, 0.15) is 32.8 Å². The number of benzene rings is 1. The van der Waals surface area contributed by atoms with Crippen molar-refractivity contribution < 1.29 is 4.74 Å². The van der Waals surface area contributed by atoms with Crippen LogP contribution in [0.2, 0.25) is 0 Å². The molecule has 3 heteroatoms. The molecule has 0 saturated heterocycles. The molecule has 0 N–H and O–H groups in total. The second-order valence-corrected chi connectivity index (χ2v) is 5.95. The van der Waals surface area contributed by atoms with Crippen LogP contribution in [0, 0.1) is 16.7 Å². The van der Waals surface area contributed by atoms with Crippen LogP contribution < -0.4 is 4.74 Å². The van der Waals surface area contributed by atoms with Gasteiger partial charge in [-0.15, -0.1) is 11.8 Å². The molecule has 0 fully saturated rings. The molecule has 1 aromatic carbocycles. The van der Waals surface area contributed by atoms with E-state index in [0.717, 1.165) is 11.3 Å². The van der Waals surface area contributed by atoms with E-state index in [1.807, 2.05) is 24.5 Å². The number of rotatable bonds is 4. The summed E-state index contributed by atoms with van der Waals surface area (Å²) in [6.07, 6.45) is 2.94. The van der Waals surface area contributed by atoms with Gasteiger partial charge in [-0.3, -0.25) is 0 Å². The lowest BCUT2D eigenvalue weighted by Crippen LogP contribution is -2.11. The molecule has 0 spiro atoms. The maximum atomic E-state index is 9.15. The third-order valence-electron chi connectivity index (χ3n) is 2.43. The standard InChI is InChI=1S/C14H19NOS/c1-14(2,3)8-9-16-12-6-5-7-13(17-4)11(12)10-15/h5-7H,8-9H2,1-4H3. The van der Waals surface area contributed by atoms with Crippen LogP contribution in [-0.2, 0) is 0 Å². The van der Waals surface area contributed by atoms with E-state index >= 15 is 0 Å². The Hall–Kier alpha value is -1.14. The molecule has 0 aromatic heterocycles. The maximum Gasteiger partial charge on any atom is 0.138 e. The predicted octanol–water partition coefficient (Wildman–Crippen LogP) is 4.10. The quantitative estimate of drug-likeness (QED) is 0.753. The van der Waals surface area contributed by atoms with Gasteiger partial charge in [0.2, 0.25) is 0 Å². The van der Waals surface area contributed by atoms with Gasteiger partial charge in [-0.2, -0.15) is 5.26 Å². The summed E-state index contributed by atoms with van der Waals surface area (Å²) in [6, 6.07) is 7.95. The van der Waals surface area contributed by atoms with E-state index in [-0.39, 0.29) is 5.41 Å². The Morgan fingerprint density at radius 2 is 2.06 bits per heavy atom. The van der Waals surface area contributed by atoms with Crippen LogP contribution in [-0.4, -0.2) is 12.9 Å². The van der Waals surface area contributed by atoms with Crippen LogP contribution in [0.3, 0.4) is 0 Å². The average Bonchev–Trinajstić information content (AvgIpc) is 2.27. The fourth-order valence-electron chi connectivity index (χ4n) is 1.38. The average molecular weight is 249 g/mol. The summed E-state index contributed by atoms with van der Waals surface area (Å²) in [5.74, 6) is 0.698. The van der Waals surface area contributed by atoms with Crippen LogP contribution in [0.15, 0.2) is 23.1 Å². The van der Waals surface area contributed by atoms with Crippen molar-refractivity contribution in [2.75, 3.05) is 12.9 Å². The molecule has 0 radical (unpaired) electrons. The van der Waals surface area contributed by atoms with E-state index in [1.54, 1.807) is 11.8 Å². The van der Waals surface area contributed by atoms with Crippen LogP contribution >= 0.6 is 11.8 Å². The molecule has 0 heterocycles. The van der Waals surface area contributed by atoms with Gasteiger partial charge < -0.3 is 4.74 Å². The van der Waals surface area contributed by atoms with Gasteiger partial charge in [-0.25, -0.2) is 0 Å². The van der Waals surface area contributed by atoms with Crippen molar-refractivity contribution >= 4 is 11.8 Å². The largest absolute Gasteiger partial charge is 0.492 e. The van der Waals surface area contributed by atoms with Gasteiger partial charge in [-0.05, 0) is 30.2 Å². The molecule has 0 aliphatic carbocycles. The highest BCUT2D eigenvalue weighted by Gasteiger charge is 2.12. The summed E-state index contributed by atoms with van der Waals surface area (Å²) < 4.78 is 5.71. The van der Waals surface area contributed by atoms with Crippen LogP contribution in [0.4, 0.5) is 0 Å². The minimum Gasteiger partial charge on any atom is -0.492 e. The Balaban J connectivity index is 2.75. The van der Waals surface area contributed by atoms with Crippen molar-refractivity contribution in [1.82, 2.24) is 0 Å². The Kier molecular flexibility index (Phi) is 4.89. The highest BCUT2D eigenvalue weighted by atomic mass is 32.2. The molecule has 0 unspecified atom stereocenters. The number of hydrogen-bond acceptors (Lipinski definition) is 3. The molecule has 0 saturated carbocycles. The number of nitrogens with zero attached hydrogens (tertiary/aromatic N) is 1. The minimum absolute atomic E-state index is 0.254. The minimum atomic E-state index is 0.254. The van der Waals surface area contributed by atoms with Gasteiger partial charge in [0, 0.05) is 4.90 Å². The third-order valence-corrected chi connectivity index (χ3v) is 3.21. The van der Waals surface area contributed by atoms with Crippen molar-refractivity contribution in [2.24, 2.45) is 5.41 Å². The molecule has 0 aliphatic rings. The first-order valence-electron chi connectivity index (χ1n) is 5.68. The Morgan fingerprint density at radius 1 is 1.35 bits per heavy atom. The molecular weight excluding hydrogens is 230 g/mol. The predicted molar refractivity (Wildman–Crippen MR) is 72.5 cm³/mol. The normalized spacial score (nSPS) is 11.0. The summed E-state index contributed by atoms with van der Waals surface area (Å²) in [5, 5.41) is 9.15. The van der Waals surface area contributed by atoms with Crippen molar-refractivity contribution in [3.05, 3.63) is 23.8 Å². The lowest BCUT2D eigenvalue weighted by Gasteiger charge is -2.18. The zero-order chi connectivity index (χ0) is 12.9. The van der Waals surface area contributed by atoms with Crippen LogP contribution in [0.5, 0.6) is 5.75 Å². The lowest BCUT2D eigenvalue weighted by molar-refractivity contribution is 0.242. The zero-order valence-electron chi connectivity index (χ0n) is 10.9. The number of ether oxygens (including phenoxy) is 1. The zero-order valence-corrected chi connectivity index (χ0v) is 11.7. The van der Waals surface area contributed by atoms with Crippen molar-refractivity contribution in [3.8, 4) is 11.8 Å².